The van der Waals surface area contributed by atoms with Gasteiger partial charge in [-0.25, -0.2) is 4.48 Å². The number of quaternary nitrogens is 2. The number of likely N-dealkylation sites (N-methyl/N-ethyl adjacent to an activating group) is 2. The molecule has 0 unspecified atom stereocenters. The van der Waals surface area contributed by atoms with Gasteiger partial charge in [-0.05, 0) is 0 Å². The van der Waals surface area contributed by atoms with E-state index in [0.29, 0.717) is 4.48 Å². The molecule has 3 nitrogen and oxygen atoms in total. The predicted molar refractivity (Wildman–Crippen MR) is 49.6 cm³/mol. The molecule has 3 heteroatoms. The summed E-state index contributed by atoms with van der Waals surface area (Å²) in [6.45, 7) is 1.98. The molecule has 0 spiro atoms. The van der Waals surface area contributed by atoms with Gasteiger partial charge >= 0.3 is 0 Å². The SMILES string of the molecule is C[N+](C)(C)CC[N+](C)(C)C#CO. The van der Waals surface area contributed by atoms with Crippen LogP contribution >= 0.6 is 0 Å². The first kappa shape index (κ1) is 11.3. The van der Waals surface area contributed by atoms with Gasteiger partial charge in [0.05, 0.1) is 35.2 Å². The molecule has 0 radical (unpaired) electrons. The molecule has 0 aliphatic heterocycles. The molecule has 0 rings (SSSR count). The molecule has 0 aromatic rings. The van der Waals surface area contributed by atoms with E-state index in [9.17, 15) is 0 Å². The van der Waals surface area contributed by atoms with E-state index in [1.165, 1.54) is 0 Å². The van der Waals surface area contributed by atoms with Crippen LogP contribution < -0.4 is 0 Å². The Kier molecular flexibility index (Phi) is 3.56. The standard InChI is InChI=1S/C9H19N2O/c1-10(2,3)6-7-11(4,5)8-9-12/h6-7H2,1-5H3/q+1/p+1. The zero-order valence-electron chi connectivity index (χ0n) is 8.76. The summed E-state index contributed by atoms with van der Waals surface area (Å²) in [5.74, 6) is 0. The minimum absolute atomic E-state index is 0.548. The Balaban J connectivity index is 3.98. The van der Waals surface area contributed by atoms with Gasteiger partial charge in [0.2, 0.25) is 0 Å². The maximum Gasteiger partial charge on any atom is 0.180 e. The fourth-order valence-electron chi connectivity index (χ4n) is 0.741. The molecule has 0 fully saturated rings. The second kappa shape index (κ2) is 3.79. The number of aliphatic hydroxyl groups excluding tert-OH is 1. The third kappa shape index (κ3) is 6.02. The summed E-state index contributed by atoms with van der Waals surface area (Å²) < 4.78 is 1.47. The highest BCUT2D eigenvalue weighted by atomic mass is 16.2. The summed E-state index contributed by atoms with van der Waals surface area (Å²) in [5.41, 5.74) is 0. The summed E-state index contributed by atoms with van der Waals surface area (Å²) >= 11 is 0. The molecule has 0 aliphatic carbocycles. The van der Waals surface area contributed by atoms with Crippen molar-refractivity contribution in [2.24, 2.45) is 0 Å². The highest BCUT2D eigenvalue weighted by molar-refractivity contribution is 4.77. The molecule has 0 aromatic heterocycles. The lowest BCUT2D eigenvalue weighted by Crippen LogP contribution is -2.46. The Morgan fingerprint density at radius 3 is 1.83 bits per heavy atom. The van der Waals surface area contributed by atoms with Crippen molar-refractivity contribution in [1.82, 2.24) is 0 Å². The van der Waals surface area contributed by atoms with Crippen molar-refractivity contribution < 1.29 is 14.1 Å². The summed E-state index contributed by atoms with van der Waals surface area (Å²) in [7, 11) is 10.4. The van der Waals surface area contributed by atoms with E-state index in [2.05, 4.69) is 27.2 Å². The number of hydrogen-bond donors (Lipinski definition) is 1. The van der Waals surface area contributed by atoms with E-state index in [-0.39, 0.29) is 0 Å². The lowest BCUT2D eigenvalue weighted by Gasteiger charge is -2.28. The third-order valence-electron chi connectivity index (χ3n) is 1.68. The monoisotopic (exact) mass is 172 g/mol. The summed E-state index contributed by atoms with van der Waals surface area (Å²) in [4.78, 5) is 0. The van der Waals surface area contributed by atoms with Crippen molar-refractivity contribution in [3.05, 3.63) is 0 Å². The first-order chi connectivity index (χ1) is 5.27. The molecule has 0 bridgehead atoms. The predicted octanol–water partition coefficient (Wildman–Crippen LogP) is 0.0599. The van der Waals surface area contributed by atoms with Gasteiger partial charge in [0.1, 0.15) is 13.1 Å². The molecule has 0 aromatic carbocycles. The second-order valence-electron chi connectivity index (χ2n) is 4.65. The van der Waals surface area contributed by atoms with E-state index < -0.39 is 0 Å². The number of rotatable bonds is 3. The summed E-state index contributed by atoms with van der Waals surface area (Å²) in [5, 5.41) is 8.45. The van der Waals surface area contributed by atoms with Crippen LogP contribution in [-0.4, -0.2) is 62.4 Å². The van der Waals surface area contributed by atoms with Gasteiger partial charge in [-0.1, -0.05) is 0 Å². The van der Waals surface area contributed by atoms with Gasteiger partial charge in [0.25, 0.3) is 0 Å². The fraction of sp³-hybridized carbons (Fsp3) is 0.778. The average Bonchev–Trinajstić information content (AvgIpc) is 1.83. The van der Waals surface area contributed by atoms with Crippen LogP contribution in [0, 0.1) is 12.2 Å². The molecule has 1 N–H and O–H groups in total. The number of nitrogens with zero attached hydrogens (tertiary/aromatic N) is 2. The quantitative estimate of drug-likeness (QED) is 0.471. The Hall–Kier alpha value is -0.720. The molecule has 0 amide bonds. The second-order valence-corrected chi connectivity index (χ2v) is 4.65. The summed E-state index contributed by atoms with van der Waals surface area (Å²) in [6.07, 6.45) is 1.96. The molecule has 0 atom stereocenters. The van der Waals surface area contributed by atoms with Crippen LogP contribution in [0.5, 0.6) is 0 Å². The van der Waals surface area contributed by atoms with Crippen molar-refractivity contribution in [2.45, 2.75) is 0 Å². The topological polar surface area (TPSA) is 20.2 Å². The highest BCUT2D eigenvalue weighted by Gasteiger charge is 2.17. The van der Waals surface area contributed by atoms with Crippen molar-refractivity contribution in [1.29, 1.82) is 0 Å². The zero-order valence-corrected chi connectivity index (χ0v) is 8.76. The van der Waals surface area contributed by atoms with Crippen LogP contribution in [0.15, 0.2) is 0 Å². The Bertz CT molecular complexity index is 193. The van der Waals surface area contributed by atoms with Gasteiger partial charge in [-0.3, -0.25) is 0 Å². The van der Waals surface area contributed by atoms with Crippen LogP contribution in [0.2, 0.25) is 0 Å². The van der Waals surface area contributed by atoms with E-state index in [1.807, 2.05) is 20.2 Å². The summed E-state index contributed by atoms with van der Waals surface area (Å²) in [6, 6.07) is 2.73. The Morgan fingerprint density at radius 2 is 1.50 bits per heavy atom. The maximum atomic E-state index is 8.45. The molecular formula is C9H20N2O+2. The van der Waals surface area contributed by atoms with Crippen LogP contribution in [0.25, 0.3) is 0 Å². The zero-order chi connectivity index (χ0) is 9.83. The molecule has 0 saturated carbocycles. The van der Waals surface area contributed by atoms with Crippen LogP contribution in [0.1, 0.15) is 0 Å². The maximum absolute atomic E-state index is 8.45. The van der Waals surface area contributed by atoms with Crippen LogP contribution in [0.4, 0.5) is 0 Å². The Labute approximate surface area is 75.4 Å². The normalized spacial score (nSPS) is 12.1. The van der Waals surface area contributed by atoms with Gasteiger partial charge in [0.15, 0.2) is 12.2 Å². The Morgan fingerprint density at radius 1 is 1.00 bits per heavy atom. The van der Waals surface area contributed by atoms with Crippen molar-refractivity contribution >= 4 is 0 Å². The van der Waals surface area contributed by atoms with E-state index in [4.69, 9.17) is 5.11 Å². The lowest BCUT2D eigenvalue weighted by molar-refractivity contribution is -0.909. The number of hydrogen-bond acceptors (Lipinski definition) is 1. The molecular weight excluding hydrogens is 152 g/mol. The minimum Gasteiger partial charge on any atom is -0.458 e. The average molecular weight is 172 g/mol. The lowest BCUT2D eigenvalue weighted by atomic mass is 10.4. The van der Waals surface area contributed by atoms with Crippen LogP contribution in [0.3, 0.4) is 0 Å². The van der Waals surface area contributed by atoms with Gasteiger partial charge in [-0.15, -0.1) is 0 Å². The smallest absolute Gasteiger partial charge is 0.180 e. The van der Waals surface area contributed by atoms with Gasteiger partial charge in [0, 0.05) is 0 Å². The largest absolute Gasteiger partial charge is 0.458 e. The van der Waals surface area contributed by atoms with Gasteiger partial charge < -0.3 is 9.59 Å². The fourth-order valence-corrected chi connectivity index (χ4v) is 0.741. The molecule has 0 saturated heterocycles. The first-order valence-electron chi connectivity index (χ1n) is 4.07. The van der Waals surface area contributed by atoms with Gasteiger partial charge in [-0.2, -0.15) is 0 Å². The molecule has 70 valence electrons. The van der Waals surface area contributed by atoms with Crippen LogP contribution in [-0.2, 0) is 0 Å². The van der Waals surface area contributed by atoms with E-state index >= 15 is 0 Å². The molecule has 0 heterocycles. The number of aliphatic hydroxyl groups is 1. The minimum atomic E-state index is 0.548. The highest BCUT2D eigenvalue weighted by Crippen LogP contribution is 1.97. The molecule has 0 aliphatic rings. The van der Waals surface area contributed by atoms with Crippen molar-refractivity contribution in [2.75, 3.05) is 48.3 Å². The third-order valence-corrected chi connectivity index (χ3v) is 1.68. The first-order valence-corrected chi connectivity index (χ1v) is 4.07. The van der Waals surface area contributed by atoms with E-state index in [1.54, 1.807) is 0 Å². The van der Waals surface area contributed by atoms with Crippen molar-refractivity contribution in [3.8, 4) is 12.2 Å². The van der Waals surface area contributed by atoms with E-state index in [0.717, 1.165) is 17.6 Å². The van der Waals surface area contributed by atoms with Crippen molar-refractivity contribution in [3.63, 3.8) is 0 Å². The molecule has 12 heavy (non-hydrogen) atoms.